The number of carbonyl (C=O) groups excluding carboxylic acids is 1. The Labute approximate surface area is 93.3 Å². The summed E-state index contributed by atoms with van der Waals surface area (Å²) in [5.41, 5.74) is 0. The van der Waals surface area contributed by atoms with Crippen LogP contribution in [0.5, 0.6) is 0 Å². The average Bonchev–Trinajstić information content (AvgIpc) is 2.64. The van der Waals surface area contributed by atoms with Crippen LogP contribution in [0.4, 0.5) is 0 Å². The smallest absolute Gasteiger partial charge is 0.234 e. The molecule has 0 saturated carbocycles. The molecule has 0 radical (unpaired) electrons. The maximum Gasteiger partial charge on any atom is 0.234 e. The Balaban J connectivity index is 2.34. The Kier molecular flexibility index (Phi) is 5.23. The summed E-state index contributed by atoms with van der Waals surface area (Å²) in [4.78, 5) is 16.5. The molecule has 0 aliphatic rings. The highest BCUT2D eigenvalue weighted by molar-refractivity contribution is 7.11. The molecule has 0 aliphatic heterocycles. The molecule has 0 bridgehead atoms. The van der Waals surface area contributed by atoms with Gasteiger partial charge in [-0.1, -0.05) is 0 Å². The van der Waals surface area contributed by atoms with Crippen LogP contribution >= 0.6 is 11.3 Å². The van der Waals surface area contributed by atoms with E-state index in [2.05, 4.69) is 20.9 Å². The second-order valence-electron chi connectivity index (χ2n) is 3.06. The van der Waals surface area contributed by atoms with Crippen LogP contribution in [-0.2, 0) is 17.9 Å². The summed E-state index contributed by atoms with van der Waals surface area (Å²) in [6, 6.07) is 0. The Morgan fingerprint density at radius 2 is 2.20 bits per heavy atom. The van der Waals surface area contributed by atoms with E-state index in [4.69, 9.17) is 0 Å². The minimum atomic E-state index is -0.0112. The number of amides is 1. The Bertz CT molecular complexity index is 313. The van der Waals surface area contributed by atoms with Crippen LogP contribution in [0.2, 0.25) is 0 Å². The zero-order valence-corrected chi connectivity index (χ0v) is 9.78. The highest BCUT2D eigenvalue weighted by Gasteiger charge is 2.03. The summed E-state index contributed by atoms with van der Waals surface area (Å²) in [5, 5.41) is 9.56. The molecule has 1 heterocycles. The molecule has 5 nitrogen and oxygen atoms in total. The van der Waals surface area contributed by atoms with Gasteiger partial charge in [0.1, 0.15) is 5.01 Å². The monoisotopic (exact) mass is 228 g/mol. The molecule has 84 valence electrons. The van der Waals surface area contributed by atoms with E-state index in [0.717, 1.165) is 11.6 Å². The van der Waals surface area contributed by atoms with Gasteiger partial charge in [0, 0.05) is 17.6 Å². The molecule has 1 amide bonds. The van der Waals surface area contributed by atoms with Gasteiger partial charge < -0.3 is 16.0 Å². The van der Waals surface area contributed by atoms with Crippen LogP contribution in [0, 0.1) is 0 Å². The predicted octanol–water partition coefficient (Wildman–Crippen LogP) is -0.302. The summed E-state index contributed by atoms with van der Waals surface area (Å²) in [5.74, 6) is -0.0112. The zero-order chi connectivity index (χ0) is 11.1. The molecule has 0 unspecified atom stereocenters. The molecule has 0 fully saturated rings. The number of hydrogen-bond donors (Lipinski definition) is 3. The van der Waals surface area contributed by atoms with Crippen molar-refractivity contribution in [3.8, 4) is 0 Å². The maximum atomic E-state index is 11.1. The summed E-state index contributed by atoms with van der Waals surface area (Å²) in [7, 11) is 3.64. The van der Waals surface area contributed by atoms with Crippen LogP contribution in [0.25, 0.3) is 0 Å². The highest BCUT2D eigenvalue weighted by atomic mass is 32.1. The van der Waals surface area contributed by atoms with E-state index in [1.165, 1.54) is 4.88 Å². The maximum absolute atomic E-state index is 11.1. The molecule has 0 aromatic carbocycles. The average molecular weight is 228 g/mol. The van der Waals surface area contributed by atoms with Gasteiger partial charge >= 0.3 is 0 Å². The normalized spacial score (nSPS) is 10.3. The second kappa shape index (κ2) is 6.49. The van der Waals surface area contributed by atoms with Crippen LogP contribution < -0.4 is 16.0 Å². The lowest BCUT2D eigenvalue weighted by molar-refractivity contribution is -0.120. The van der Waals surface area contributed by atoms with Gasteiger partial charge in [0.15, 0.2) is 0 Å². The summed E-state index contributed by atoms with van der Waals surface area (Å²) >= 11 is 1.61. The number of rotatable bonds is 6. The van der Waals surface area contributed by atoms with Crippen molar-refractivity contribution in [2.24, 2.45) is 0 Å². The predicted molar refractivity (Wildman–Crippen MR) is 60.7 cm³/mol. The first kappa shape index (κ1) is 12.1. The van der Waals surface area contributed by atoms with Crippen LogP contribution in [-0.4, -0.2) is 31.5 Å². The first-order valence-electron chi connectivity index (χ1n) is 4.75. The second-order valence-corrected chi connectivity index (χ2v) is 4.26. The molecule has 1 rings (SSSR count). The third-order valence-corrected chi connectivity index (χ3v) is 2.72. The van der Waals surface area contributed by atoms with Crippen molar-refractivity contribution in [1.82, 2.24) is 20.9 Å². The molecule has 0 atom stereocenters. The Morgan fingerprint density at radius 1 is 1.40 bits per heavy atom. The minimum absolute atomic E-state index is 0.0112. The van der Waals surface area contributed by atoms with Gasteiger partial charge in [-0.3, -0.25) is 4.79 Å². The lowest BCUT2D eigenvalue weighted by atomic mass is 10.5. The standard InChI is InChI=1S/C9H16N4OS/c1-10-3-7-4-13-9(15-7)6-12-8(14)5-11-2/h4,10-11H,3,5-6H2,1-2H3,(H,12,14). The lowest BCUT2D eigenvalue weighted by Gasteiger charge is -2.01. The van der Waals surface area contributed by atoms with E-state index in [1.54, 1.807) is 18.4 Å². The first-order chi connectivity index (χ1) is 7.26. The molecule has 0 spiro atoms. The van der Waals surface area contributed by atoms with Crippen molar-refractivity contribution < 1.29 is 4.79 Å². The number of likely N-dealkylation sites (N-methyl/N-ethyl adjacent to an activating group) is 1. The van der Waals surface area contributed by atoms with E-state index in [1.807, 2.05) is 13.2 Å². The SMILES string of the molecule is CNCC(=O)NCc1ncc(CNC)s1. The third-order valence-electron chi connectivity index (χ3n) is 1.73. The first-order valence-corrected chi connectivity index (χ1v) is 5.57. The molecule has 3 N–H and O–H groups in total. The lowest BCUT2D eigenvalue weighted by Crippen LogP contribution is -2.31. The van der Waals surface area contributed by atoms with Crippen LogP contribution in [0.3, 0.4) is 0 Å². The van der Waals surface area contributed by atoms with E-state index in [0.29, 0.717) is 13.1 Å². The summed E-state index contributed by atoms with van der Waals surface area (Å²) < 4.78 is 0. The number of aromatic nitrogens is 1. The van der Waals surface area contributed by atoms with Crippen molar-refractivity contribution >= 4 is 17.2 Å². The molecular formula is C9H16N4OS. The largest absolute Gasteiger partial charge is 0.348 e. The molecule has 0 saturated heterocycles. The number of hydrogen-bond acceptors (Lipinski definition) is 5. The van der Waals surface area contributed by atoms with E-state index < -0.39 is 0 Å². The zero-order valence-electron chi connectivity index (χ0n) is 8.96. The van der Waals surface area contributed by atoms with Crippen molar-refractivity contribution in [2.75, 3.05) is 20.6 Å². The fourth-order valence-electron chi connectivity index (χ4n) is 1.08. The van der Waals surface area contributed by atoms with Gasteiger partial charge in [0.2, 0.25) is 5.91 Å². The van der Waals surface area contributed by atoms with Crippen molar-refractivity contribution in [3.63, 3.8) is 0 Å². The number of nitrogens with zero attached hydrogens (tertiary/aromatic N) is 1. The number of nitrogens with one attached hydrogen (secondary N) is 3. The minimum Gasteiger partial charge on any atom is -0.348 e. The Morgan fingerprint density at radius 3 is 2.87 bits per heavy atom. The quantitative estimate of drug-likeness (QED) is 0.625. The van der Waals surface area contributed by atoms with E-state index in [-0.39, 0.29) is 5.91 Å². The van der Waals surface area contributed by atoms with Gasteiger partial charge in [0.05, 0.1) is 13.1 Å². The van der Waals surface area contributed by atoms with Crippen molar-refractivity contribution in [2.45, 2.75) is 13.1 Å². The van der Waals surface area contributed by atoms with Crippen molar-refractivity contribution in [3.05, 3.63) is 16.1 Å². The molecular weight excluding hydrogens is 212 g/mol. The fraction of sp³-hybridized carbons (Fsp3) is 0.556. The summed E-state index contributed by atoms with van der Waals surface area (Å²) in [6.45, 7) is 1.67. The van der Waals surface area contributed by atoms with E-state index in [9.17, 15) is 4.79 Å². The molecule has 15 heavy (non-hydrogen) atoms. The third kappa shape index (κ3) is 4.37. The topological polar surface area (TPSA) is 66.0 Å². The number of carbonyl (C=O) groups is 1. The van der Waals surface area contributed by atoms with Gasteiger partial charge in [-0.15, -0.1) is 11.3 Å². The molecule has 1 aromatic heterocycles. The Hall–Kier alpha value is -0.980. The van der Waals surface area contributed by atoms with Gasteiger partial charge in [0.25, 0.3) is 0 Å². The van der Waals surface area contributed by atoms with Crippen LogP contribution in [0.15, 0.2) is 6.20 Å². The highest BCUT2D eigenvalue weighted by Crippen LogP contribution is 2.11. The van der Waals surface area contributed by atoms with Crippen molar-refractivity contribution in [1.29, 1.82) is 0 Å². The van der Waals surface area contributed by atoms with E-state index >= 15 is 0 Å². The molecule has 0 aliphatic carbocycles. The van der Waals surface area contributed by atoms with Crippen LogP contribution in [0.1, 0.15) is 9.88 Å². The fourth-order valence-corrected chi connectivity index (χ4v) is 1.96. The number of thiazole rings is 1. The van der Waals surface area contributed by atoms with Gasteiger partial charge in [-0.25, -0.2) is 4.98 Å². The molecule has 6 heteroatoms. The van der Waals surface area contributed by atoms with Gasteiger partial charge in [-0.05, 0) is 14.1 Å². The molecule has 1 aromatic rings. The summed E-state index contributed by atoms with van der Waals surface area (Å²) in [6.07, 6.45) is 1.83. The van der Waals surface area contributed by atoms with Gasteiger partial charge in [-0.2, -0.15) is 0 Å².